The molecule has 0 aliphatic rings. The zero-order chi connectivity index (χ0) is 23.4. The highest BCUT2D eigenvalue weighted by Crippen LogP contribution is 2.47. The van der Waals surface area contributed by atoms with Crippen LogP contribution in [-0.4, -0.2) is 4.98 Å². The van der Waals surface area contributed by atoms with Crippen molar-refractivity contribution in [3.05, 3.63) is 109 Å². The first-order valence-corrected chi connectivity index (χ1v) is 13.2. The topological polar surface area (TPSA) is 15.8 Å². The summed E-state index contributed by atoms with van der Waals surface area (Å²) in [5.74, 6) is 0. The second kappa shape index (κ2) is 6.63. The van der Waals surface area contributed by atoms with Gasteiger partial charge in [-0.25, -0.2) is 0 Å². The van der Waals surface area contributed by atoms with Gasteiger partial charge >= 0.3 is 0 Å². The summed E-state index contributed by atoms with van der Waals surface area (Å²) in [5.41, 5.74) is 2.49. The lowest BCUT2D eigenvalue weighted by atomic mass is 9.89. The molecule has 0 aliphatic carbocycles. The van der Waals surface area contributed by atoms with Gasteiger partial charge in [0.1, 0.15) is 0 Å². The van der Waals surface area contributed by atoms with Crippen LogP contribution in [0.4, 0.5) is 0 Å². The molecule has 36 heavy (non-hydrogen) atoms. The Morgan fingerprint density at radius 1 is 0.361 bits per heavy atom. The number of rotatable bonds is 0. The van der Waals surface area contributed by atoms with Gasteiger partial charge in [0, 0.05) is 37.0 Å². The third-order valence-corrected chi connectivity index (χ3v) is 9.17. The molecule has 9 rings (SSSR count). The number of hydrogen-bond acceptors (Lipinski definition) is 1. The first kappa shape index (κ1) is 18.9. The predicted octanol–water partition coefficient (Wildman–Crippen LogP) is 10.3. The van der Waals surface area contributed by atoms with Gasteiger partial charge in [0.2, 0.25) is 0 Å². The maximum absolute atomic E-state index is 3.98. The molecular weight excluding hydrogens is 454 g/mol. The Morgan fingerprint density at radius 3 is 1.56 bits per heavy atom. The van der Waals surface area contributed by atoms with Crippen molar-refractivity contribution in [2.75, 3.05) is 0 Å². The van der Waals surface area contributed by atoms with Crippen LogP contribution in [0.3, 0.4) is 0 Å². The quantitative estimate of drug-likeness (QED) is 0.211. The molecule has 0 aliphatic heterocycles. The largest absolute Gasteiger partial charge is 0.353 e. The van der Waals surface area contributed by atoms with Gasteiger partial charge in [-0.3, -0.25) is 0 Å². The predicted molar refractivity (Wildman–Crippen MR) is 159 cm³/mol. The minimum Gasteiger partial charge on any atom is -0.353 e. The standard InChI is InChI=1S/C34H19NS/c1-3-12-22-19(9-1)20-10-2-4-13-23(20)31-29(22)24-14-5-6-15-25(24)30-27-18-17-26-21-11-7-8-16-28(21)36-34(26)32(27)35-33(30)31/h1-18,35H. The van der Waals surface area contributed by atoms with E-state index < -0.39 is 0 Å². The first-order valence-electron chi connectivity index (χ1n) is 12.4. The number of H-pyrrole nitrogens is 1. The van der Waals surface area contributed by atoms with E-state index in [2.05, 4.69) is 114 Å². The second-order valence-corrected chi connectivity index (χ2v) is 10.8. The smallest absolute Gasteiger partial charge is 0.0646 e. The van der Waals surface area contributed by atoms with Crippen LogP contribution < -0.4 is 0 Å². The van der Waals surface area contributed by atoms with E-state index in [1.54, 1.807) is 0 Å². The van der Waals surface area contributed by atoms with E-state index in [9.17, 15) is 0 Å². The molecule has 0 saturated heterocycles. The highest BCUT2D eigenvalue weighted by molar-refractivity contribution is 7.26. The summed E-state index contributed by atoms with van der Waals surface area (Å²) in [6.45, 7) is 0. The molecule has 1 N–H and O–H groups in total. The number of thiophene rings is 1. The van der Waals surface area contributed by atoms with Crippen LogP contribution in [0.15, 0.2) is 109 Å². The molecule has 1 nitrogen and oxygen atoms in total. The zero-order valence-electron chi connectivity index (χ0n) is 19.3. The van der Waals surface area contributed by atoms with Crippen molar-refractivity contribution in [2.45, 2.75) is 0 Å². The van der Waals surface area contributed by atoms with Crippen molar-refractivity contribution in [1.82, 2.24) is 4.98 Å². The lowest BCUT2D eigenvalue weighted by molar-refractivity contribution is 1.60. The Kier molecular flexibility index (Phi) is 3.47. The van der Waals surface area contributed by atoms with Crippen LogP contribution in [0, 0.1) is 0 Å². The van der Waals surface area contributed by atoms with Crippen LogP contribution in [-0.2, 0) is 0 Å². The first-order chi connectivity index (χ1) is 17.9. The summed E-state index contributed by atoms with van der Waals surface area (Å²) in [5, 5.41) is 15.8. The molecule has 2 heterocycles. The molecule has 9 aromatic rings. The maximum Gasteiger partial charge on any atom is 0.0646 e. The second-order valence-electron chi connectivity index (χ2n) is 9.72. The van der Waals surface area contributed by atoms with Gasteiger partial charge in [-0.15, -0.1) is 11.3 Å². The summed E-state index contributed by atoms with van der Waals surface area (Å²) < 4.78 is 2.68. The van der Waals surface area contributed by atoms with Crippen LogP contribution in [0.5, 0.6) is 0 Å². The minimum absolute atomic E-state index is 1.24. The van der Waals surface area contributed by atoms with Gasteiger partial charge in [-0.2, -0.15) is 0 Å². The number of nitrogens with one attached hydrogen (secondary N) is 1. The molecule has 0 fully saturated rings. The fourth-order valence-electron chi connectivity index (χ4n) is 6.51. The van der Waals surface area contributed by atoms with Crippen molar-refractivity contribution >= 4 is 96.4 Å². The van der Waals surface area contributed by atoms with Gasteiger partial charge in [0.05, 0.1) is 15.7 Å². The highest BCUT2D eigenvalue weighted by atomic mass is 32.1. The molecule has 0 saturated carbocycles. The zero-order valence-corrected chi connectivity index (χ0v) is 20.1. The summed E-state index contributed by atoms with van der Waals surface area (Å²) in [6.07, 6.45) is 0. The van der Waals surface area contributed by atoms with Crippen LogP contribution in [0.25, 0.3) is 85.1 Å². The van der Waals surface area contributed by atoms with Crippen molar-refractivity contribution in [2.24, 2.45) is 0 Å². The van der Waals surface area contributed by atoms with Gasteiger partial charge in [0.15, 0.2) is 0 Å². The Balaban J connectivity index is 1.66. The van der Waals surface area contributed by atoms with Gasteiger partial charge in [-0.1, -0.05) is 103 Å². The van der Waals surface area contributed by atoms with E-state index in [0.717, 1.165) is 0 Å². The third kappa shape index (κ3) is 2.21. The number of hydrogen-bond donors (Lipinski definition) is 1. The van der Waals surface area contributed by atoms with E-state index in [4.69, 9.17) is 0 Å². The van der Waals surface area contributed by atoms with Crippen LogP contribution in [0.2, 0.25) is 0 Å². The fourth-order valence-corrected chi connectivity index (χ4v) is 7.72. The van der Waals surface area contributed by atoms with Crippen molar-refractivity contribution in [3.63, 3.8) is 0 Å². The van der Waals surface area contributed by atoms with Crippen LogP contribution in [0.1, 0.15) is 0 Å². The Bertz CT molecular complexity index is 2370. The molecule has 166 valence electrons. The average Bonchev–Trinajstić information content (AvgIpc) is 3.52. The summed E-state index contributed by atoms with van der Waals surface area (Å²) >= 11 is 1.89. The number of benzene rings is 7. The molecule has 2 aromatic heterocycles. The Labute approximate surface area is 210 Å². The molecule has 0 atom stereocenters. The Morgan fingerprint density at radius 2 is 0.861 bits per heavy atom. The number of aromatic amines is 1. The molecule has 0 bridgehead atoms. The van der Waals surface area contributed by atoms with E-state index in [0.29, 0.717) is 0 Å². The average molecular weight is 474 g/mol. The van der Waals surface area contributed by atoms with E-state index in [1.165, 1.54) is 85.1 Å². The van der Waals surface area contributed by atoms with Gasteiger partial charge in [0.25, 0.3) is 0 Å². The number of fused-ring (bicyclic) bond motifs is 17. The molecule has 2 heteroatoms. The lowest BCUT2D eigenvalue weighted by Crippen LogP contribution is -1.87. The summed E-state index contributed by atoms with van der Waals surface area (Å²) in [7, 11) is 0. The lowest BCUT2D eigenvalue weighted by Gasteiger charge is -2.14. The summed E-state index contributed by atoms with van der Waals surface area (Å²) in [6, 6.07) is 40.1. The monoisotopic (exact) mass is 473 g/mol. The summed E-state index contributed by atoms with van der Waals surface area (Å²) in [4.78, 5) is 3.98. The van der Waals surface area contributed by atoms with E-state index in [1.807, 2.05) is 11.3 Å². The molecule has 0 amide bonds. The van der Waals surface area contributed by atoms with Crippen molar-refractivity contribution in [1.29, 1.82) is 0 Å². The highest BCUT2D eigenvalue weighted by Gasteiger charge is 2.20. The van der Waals surface area contributed by atoms with E-state index >= 15 is 0 Å². The molecular formula is C34H19NS. The van der Waals surface area contributed by atoms with Crippen molar-refractivity contribution in [3.8, 4) is 0 Å². The molecule has 7 aromatic carbocycles. The third-order valence-electron chi connectivity index (χ3n) is 7.96. The maximum atomic E-state index is 3.98. The fraction of sp³-hybridized carbons (Fsp3) is 0. The SMILES string of the molecule is c1ccc2c(c1)sc1c2ccc2c1[nH]c1c2c2ccccc2c2c3ccccc3c3ccccc3c12. The van der Waals surface area contributed by atoms with E-state index in [-0.39, 0.29) is 0 Å². The number of aromatic nitrogens is 1. The molecule has 0 radical (unpaired) electrons. The van der Waals surface area contributed by atoms with Gasteiger partial charge in [-0.05, 0) is 38.4 Å². The molecule has 0 spiro atoms. The minimum atomic E-state index is 1.24. The molecule has 0 unspecified atom stereocenters. The van der Waals surface area contributed by atoms with Crippen molar-refractivity contribution < 1.29 is 0 Å². The Hall–Kier alpha value is -4.40. The normalized spacial score (nSPS) is 12.4. The van der Waals surface area contributed by atoms with Gasteiger partial charge < -0.3 is 4.98 Å². The van der Waals surface area contributed by atoms with Crippen LogP contribution >= 0.6 is 11.3 Å².